The van der Waals surface area contributed by atoms with Gasteiger partial charge in [-0.05, 0) is 43.7 Å². The fourth-order valence-corrected chi connectivity index (χ4v) is 4.02. The highest BCUT2D eigenvalue weighted by atomic mass is 19.1. The van der Waals surface area contributed by atoms with Gasteiger partial charge in [0.15, 0.2) is 18.1 Å². The Morgan fingerprint density at radius 2 is 1.70 bits per heavy atom. The Morgan fingerprint density at radius 1 is 1.00 bits per heavy atom. The van der Waals surface area contributed by atoms with Crippen molar-refractivity contribution >= 4 is 11.9 Å². The second kappa shape index (κ2) is 10.5. The number of carboxylic acid groups (broad SMARTS) is 1. The monoisotopic (exact) mass is 460 g/mol. The molecule has 8 nitrogen and oxygen atoms in total. The Hall–Kier alpha value is -3.33. The van der Waals surface area contributed by atoms with Crippen LogP contribution in [-0.4, -0.2) is 72.8 Å². The van der Waals surface area contributed by atoms with Gasteiger partial charge in [-0.2, -0.15) is 0 Å². The second-order valence-corrected chi connectivity index (χ2v) is 8.07. The summed E-state index contributed by atoms with van der Waals surface area (Å²) in [5.41, 5.74) is 0.885. The molecule has 0 bridgehead atoms. The molecule has 0 radical (unpaired) electrons. The lowest BCUT2D eigenvalue weighted by Crippen LogP contribution is -2.58. The van der Waals surface area contributed by atoms with Crippen LogP contribution in [0.2, 0.25) is 0 Å². The topological polar surface area (TPSA) is 88.5 Å². The predicted octanol–water partition coefficient (Wildman–Crippen LogP) is 3.04. The molecule has 1 N–H and O–H groups in total. The number of nitrogens with zero attached hydrogens (tertiary/aromatic N) is 2. The van der Waals surface area contributed by atoms with Crippen LogP contribution in [0.4, 0.5) is 4.39 Å². The molecule has 0 saturated carbocycles. The van der Waals surface area contributed by atoms with E-state index in [2.05, 4.69) is 4.90 Å². The van der Waals surface area contributed by atoms with Gasteiger partial charge in [0.25, 0.3) is 5.91 Å². The first-order valence-corrected chi connectivity index (χ1v) is 10.6. The number of rotatable bonds is 8. The number of methoxy groups -OCH3 is 2. The van der Waals surface area contributed by atoms with Crippen molar-refractivity contribution in [3.63, 3.8) is 0 Å². The first-order chi connectivity index (χ1) is 15.7. The summed E-state index contributed by atoms with van der Waals surface area (Å²) in [4.78, 5) is 28.6. The molecule has 0 unspecified atom stereocenters. The number of amides is 1. The number of benzene rings is 2. The van der Waals surface area contributed by atoms with Crippen LogP contribution in [0.5, 0.6) is 17.2 Å². The molecule has 1 aliphatic heterocycles. The number of carbonyl (C=O) groups excluding carboxylic acids is 1. The van der Waals surface area contributed by atoms with Crippen molar-refractivity contribution in [1.82, 2.24) is 9.80 Å². The van der Waals surface area contributed by atoms with Gasteiger partial charge in [-0.15, -0.1) is 0 Å². The number of hydrogen-bond acceptors (Lipinski definition) is 6. The van der Waals surface area contributed by atoms with E-state index in [0.29, 0.717) is 25.4 Å². The van der Waals surface area contributed by atoms with Gasteiger partial charge in [0.1, 0.15) is 11.4 Å². The van der Waals surface area contributed by atoms with Gasteiger partial charge in [0.2, 0.25) is 5.75 Å². The van der Waals surface area contributed by atoms with Crippen molar-refractivity contribution in [1.29, 1.82) is 0 Å². The van der Waals surface area contributed by atoms with Crippen molar-refractivity contribution in [2.24, 2.45) is 0 Å². The number of hydrogen-bond donors (Lipinski definition) is 1. The van der Waals surface area contributed by atoms with Crippen molar-refractivity contribution in [2.45, 2.75) is 32.5 Å². The summed E-state index contributed by atoms with van der Waals surface area (Å²) >= 11 is 0. The number of halogens is 1. The quantitative estimate of drug-likeness (QED) is 0.648. The zero-order valence-corrected chi connectivity index (χ0v) is 19.2. The van der Waals surface area contributed by atoms with E-state index in [-0.39, 0.29) is 47.5 Å². The first kappa shape index (κ1) is 24.3. The molecule has 2 aromatic carbocycles. The van der Waals surface area contributed by atoms with E-state index >= 15 is 0 Å². The lowest BCUT2D eigenvalue weighted by Gasteiger charge is -2.44. The standard InChI is InChI=1S/C24H29FN2O6/c1-15-12-27(16(2)11-26(15)13-17-5-7-18(25)8-6-17)21(28)14-33-22-19(24(29)30)9-10-20(31-3)23(22)32-4/h5-10,15-16H,11-14H2,1-4H3,(H,29,30)/t15-,16+/m1/s1. The molecular formula is C24H29FN2O6. The average Bonchev–Trinajstić information content (AvgIpc) is 2.80. The molecule has 178 valence electrons. The van der Waals surface area contributed by atoms with Gasteiger partial charge in [0, 0.05) is 31.7 Å². The molecule has 2 atom stereocenters. The van der Waals surface area contributed by atoms with E-state index < -0.39 is 5.97 Å². The highest BCUT2D eigenvalue weighted by molar-refractivity contribution is 5.93. The van der Waals surface area contributed by atoms with Gasteiger partial charge < -0.3 is 24.2 Å². The molecule has 0 aromatic heterocycles. The minimum atomic E-state index is -1.20. The van der Waals surface area contributed by atoms with Crippen molar-refractivity contribution in [2.75, 3.05) is 33.9 Å². The molecule has 1 aliphatic rings. The van der Waals surface area contributed by atoms with Crippen LogP contribution in [0.1, 0.15) is 29.8 Å². The molecule has 0 spiro atoms. The molecule has 0 aliphatic carbocycles. The molecule has 9 heteroatoms. The highest BCUT2D eigenvalue weighted by Crippen LogP contribution is 2.40. The Labute approximate surface area is 192 Å². The number of aromatic carboxylic acids is 1. The predicted molar refractivity (Wildman–Crippen MR) is 119 cm³/mol. The molecule has 1 amide bonds. The summed E-state index contributed by atoms with van der Waals surface area (Å²) in [5, 5.41) is 9.51. The number of piperazine rings is 1. The van der Waals surface area contributed by atoms with Gasteiger partial charge >= 0.3 is 5.97 Å². The van der Waals surface area contributed by atoms with E-state index in [1.54, 1.807) is 17.0 Å². The molecule has 3 rings (SSSR count). The van der Waals surface area contributed by atoms with Crippen LogP contribution in [0.25, 0.3) is 0 Å². The van der Waals surface area contributed by atoms with Crippen molar-refractivity contribution in [3.8, 4) is 17.2 Å². The molecule has 1 saturated heterocycles. The molecule has 1 heterocycles. The minimum absolute atomic E-state index is 0.0478. The summed E-state index contributed by atoms with van der Waals surface area (Å²) < 4.78 is 29.3. The Bertz CT molecular complexity index is 997. The van der Waals surface area contributed by atoms with Gasteiger partial charge in [-0.3, -0.25) is 9.69 Å². The van der Waals surface area contributed by atoms with E-state index in [1.165, 1.54) is 38.5 Å². The normalized spacial score (nSPS) is 18.6. The van der Waals surface area contributed by atoms with E-state index in [0.717, 1.165) is 5.56 Å². The number of carboxylic acids is 1. The van der Waals surface area contributed by atoms with Crippen LogP contribution >= 0.6 is 0 Å². The Balaban J connectivity index is 1.68. The van der Waals surface area contributed by atoms with E-state index in [1.807, 2.05) is 13.8 Å². The summed E-state index contributed by atoms with van der Waals surface area (Å²) in [6.07, 6.45) is 0. The SMILES string of the molecule is COc1ccc(C(=O)O)c(OCC(=O)N2C[C@@H](C)N(Cc3ccc(F)cc3)C[C@@H]2C)c1OC. The first-order valence-electron chi connectivity index (χ1n) is 10.6. The molecule has 1 fully saturated rings. The lowest BCUT2D eigenvalue weighted by atomic mass is 10.1. The maximum Gasteiger partial charge on any atom is 0.339 e. The zero-order valence-electron chi connectivity index (χ0n) is 19.2. The van der Waals surface area contributed by atoms with Gasteiger partial charge in [-0.25, -0.2) is 9.18 Å². The largest absolute Gasteiger partial charge is 0.493 e. The minimum Gasteiger partial charge on any atom is -0.493 e. The maximum atomic E-state index is 13.2. The van der Waals surface area contributed by atoms with Gasteiger partial charge in [0.05, 0.1) is 14.2 Å². The number of ether oxygens (including phenoxy) is 3. The lowest BCUT2D eigenvalue weighted by molar-refractivity contribution is -0.139. The third kappa shape index (κ3) is 5.54. The third-order valence-corrected chi connectivity index (χ3v) is 5.80. The summed E-state index contributed by atoms with van der Waals surface area (Å²) in [6, 6.07) is 9.24. The van der Waals surface area contributed by atoms with Crippen molar-refractivity contribution < 1.29 is 33.3 Å². The van der Waals surface area contributed by atoms with Crippen LogP contribution < -0.4 is 14.2 Å². The van der Waals surface area contributed by atoms with E-state index in [4.69, 9.17) is 14.2 Å². The summed E-state index contributed by atoms with van der Waals surface area (Å²) in [6.45, 7) is 5.45. The fourth-order valence-electron chi connectivity index (χ4n) is 4.02. The van der Waals surface area contributed by atoms with Crippen LogP contribution in [0.15, 0.2) is 36.4 Å². The smallest absolute Gasteiger partial charge is 0.339 e. The molecule has 2 aromatic rings. The van der Waals surface area contributed by atoms with Crippen LogP contribution in [0.3, 0.4) is 0 Å². The van der Waals surface area contributed by atoms with Crippen LogP contribution in [0, 0.1) is 5.82 Å². The van der Waals surface area contributed by atoms with Crippen molar-refractivity contribution in [3.05, 3.63) is 53.3 Å². The Kier molecular flexibility index (Phi) is 7.75. The summed E-state index contributed by atoms with van der Waals surface area (Å²) in [5.74, 6) is -1.34. The van der Waals surface area contributed by atoms with Gasteiger partial charge in [-0.1, -0.05) is 12.1 Å². The average molecular weight is 461 g/mol. The third-order valence-electron chi connectivity index (χ3n) is 5.80. The fraction of sp³-hybridized carbons (Fsp3) is 0.417. The highest BCUT2D eigenvalue weighted by Gasteiger charge is 2.32. The molecular weight excluding hydrogens is 431 g/mol. The molecule has 33 heavy (non-hydrogen) atoms. The second-order valence-electron chi connectivity index (χ2n) is 8.07. The maximum absolute atomic E-state index is 13.2. The van der Waals surface area contributed by atoms with E-state index in [9.17, 15) is 19.1 Å². The summed E-state index contributed by atoms with van der Waals surface area (Å²) in [7, 11) is 2.81. The zero-order chi connectivity index (χ0) is 24.1. The number of carbonyl (C=O) groups is 2. The Morgan fingerprint density at radius 3 is 2.30 bits per heavy atom. The van der Waals surface area contributed by atoms with Crippen LogP contribution in [-0.2, 0) is 11.3 Å².